The van der Waals surface area contributed by atoms with Gasteiger partial charge in [0.1, 0.15) is 6.04 Å². The molecule has 3 heterocycles. The molecule has 1 aromatic rings. The maximum absolute atomic E-state index is 12.1. The number of pyridine rings is 1. The molecule has 2 bridgehead atoms. The van der Waals surface area contributed by atoms with Crippen LogP contribution < -0.4 is 10.6 Å². The first-order valence-corrected chi connectivity index (χ1v) is 6.02. The lowest BCUT2D eigenvalue weighted by molar-refractivity contribution is -0.120. The molecule has 0 aliphatic carbocycles. The molecule has 2 aliphatic rings. The number of hydrogen-bond acceptors (Lipinski definition) is 3. The third-order valence-corrected chi connectivity index (χ3v) is 3.42. The Bertz CT molecular complexity index is 476. The number of anilines is 1. The van der Waals surface area contributed by atoms with E-state index in [4.69, 9.17) is 0 Å². The number of fused-ring (bicyclic) bond motifs is 2. The van der Waals surface area contributed by atoms with E-state index in [1.165, 1.54) is 0 Å². The van der Waals surface area contributed by atoms with E-state index >= 15 is 0 Å². The number of piperidine rings is 1. The molecule has 3 amide bonds. The molecule has 0 saturated carbocycles. The highest BCUT2D eigenvalue weighted by molar-refractivity contribution is 5.97. The summed E-state index contributed by atoms with van der Waals surface area (Å²) in [4.78, 5) is 29.3. The highest BCUT2D eigenvalue weighted by atomic mass is 16.2. The molecule has 2 atom stereocenters. The Morgan fingerprint density at radius 3 is 2.94 bits per heavy atom. The predicted molar refractivity (Wildman–Crippen MR) is 64.9 cm³/mol. The molecule has 1 aromatic heterocycles. The second kappa shape index (κ2) is 4.29. The van der Waals surface area contributed by atoms with Crippen LogP contribution in [-0.2, 0) is 4.79 Å². The van der Waals surface area contributed by atoms with E-state index in [-0.39, 0.29) is 24.0 Å². The number of nitrogens with one attached hydrogen (secondary N) is 2. The number of aromatic nitrogens is 1. The third kappa shape index (κ3) is 1.90. The highest BCUT2D eigenvalue weighted by Crippen LogP contribution is 2.23. The lowest BCUT2D eigenvalue weighted by atomic mass is 10.0. The Labute approximate surface area is 104 Å². The lowest BCUT2D eigenvalue weighted by Crippen LogP contribution is -2.47. The van der Waals surface area contributed by atoms with Gasteiger partial charge in [0.25, 0.3) is 0 Å². The van der Waals surface area contributed by atoms with Crippen LogP contribution in [-0.4, -0.2) is 40.5 Å². The number of carbonyl (C=O) groups is 2. The van der Waals surface area contributed by atoms with Crippen LogP contribution in [0.15, 0.2) is 24.5 Å². The van der Waals surface area contributed by atoms with Gasteiger partial charge in [-0.2, -0.15) is 0 Å². The quantitative estimate of drug-likeness (QED) is 0.801. The van der Waals surface area contributed by atoms with Crippen LogP contribution >= 0.6 is 0 Å². The zero-order chi connectivity index (χ0) is 12.5. The molecule has 0 aromatic carbocycles. The second-order valence-electron chi connectivity index (χ2n) is 4.62. The van der Waals surface area contributed by atoms with Crippen molar-refractivity contribution in [3.8, 4) is 0 Å². The van der Waals surface area contributed by atoms with E-state index in [2.05, 4.69) is 15.6 Å². The number of urea groups is 1. The van der Waals surface area contributed by atoms with Crippen LogP contribution in [0.5, 0.6) is 0 Å². The van der Waals surface area contributed by atoms with Gasteiger partial charge in [0.15, 0.2) is 0 Å². The summed E-state index contributed by atoms with van der Waals surface area (Å²) in [6, 6.07) is 3.17. The van der Waals surface area contributed by atoms with E-state index < -0.39 is 0 Å². The van der Waals surface area contributed by atoms with Gasteiger partial charge in [-0.05, 0) is 25.0 Å². The van der Waals surface area contributed by atoms with Crippen LogP contribution in [0.2, 0.25) is 0 Å². The smallest absolute Gasteiger partial charge is 0.318 e. The molecule has 2 fully saturated rings. The third-order valence-electron chi connectivity index (χ3n) is 3.42. The first-order chi connectivity index (χ1) is 8.74. The van der Waals surface area contributed by atoms with Crippen molar-refractivity contribution in [2.75, 3.05) is 11.9 Å². The molecule has 2 N–H and O–H groups in total. The van der Waals surface area contributed by atoms with Gasteiger partial charge in [-0.3, -0.25) is 9.78 Å². The van der Waals surface area contributed by atoms with Gasteiger partial charge < -0.3 is 15.5 Å². The standard InChI is InChI=1S/C12H14N4O2/c17-11(14-8-3-5-13-6-4-8)10-2-1-9-7-16(10)12(18)15-9/h3-6,9-10H,1-2,7H2,(H,15,18)(H,13,14,17)/t9-,10+/m1/s1. The minimum Gasteiger partial charge on any atom is -0.333 e. The maximum atomic E-state index is 12.1. The monoisotopic (exact) mass is 246 g/mol. The van der Waals surface area contributed by atoms with Gasteiger partial charge in [-0.25, -0.2) is 4.79 Å². The van der Waals surface area contributed by atoms with Crippen molar-refractivity contribution in [1.82, 2.24) is 15.2 Å². The van der Waals surface area contributed by atoms with E-state index in [1.54, 1.807) is 29.4 Å². The number of amides is 3. The molecule has 0 unspecified atom stereocenters. The van der Waals surface area contributed by atoms with Gasteiger partial charge in [-0.1, -0.05) is 0 Å². The average molecular weight is 246 g/mol. The summed E-state index contributed by atoms with van der Waals surface area (Å²) in [6.45, 7) is 0.632. The Morgan fingerprint density at radius 2 is 2.17 bits per heavy atom. The topological polar surface area (TPSA) is 74.3 Å². The number of rotatable bonds is 2. The zero-order valence-corrected chi connectivity index (χ0v) is 9.80. The van der Waals surface area contributed by atoms with E-state index in [9.17, 15) is 9.59 Å². The van der Waals surface area contributed by atoms with Crippen LogP contribution in [0.25, 0.3) is 0 Å². The summed E-state index contributed by atoms with van der Waals surface area (Å²) in [5.41, 5.74) is 0.705. The van der Waals surface area contributed by atoms with Gasteiger partial charge in [0.2, 0.25) is 5.91 Å². The van der Waals surface area contributed by atoms with Crippen molar-refractivity contribution < 1.29 is 9.59 Å². The van der Waals surface area contributed by atoms with Crippen molar-refractivity contribution in [1.29, 1.82) is 0 Å². The summed E-state index contributed by atoms with van der Waals surface area (Å²) in [5, 5.41) is 5.68. The van der Waals surface area contributed by atoms with Crippen molar-refractivity contribution in [2.24, 2.45) is 0 Å². The Balaban J connectivity index is 1.71. The second-order valence-corrected chi connectivity index (χ2v) is 4.62. The molecule has 94 valence electrons. The van der Waals surface area contributed by atoms with Gasteiger partial charge in [0, 0.05) is 30.7 Å². The molecule has 0 spiro atoms. The molecule has 18 heavy (non-hydrogen) atoms. The summed E-state index contributed by atoms with van der Waals surface area (Å²) < 4.78 is 0. The molecule has 3 rings (SSSR count). The Kier molecular flexibility index (Phi) is 2.62. The minimum absolute atomic E-state index is 0.128. The minimum atomic E-state index is -0.364. The SMILES string of the molecule is O=C(Nc1ccncc1)[C@@H]1CC[C@@H]2CN1C(=O)N2. The molecular weight excluding hydrogens is 232 g/mol. The highest BCUT2D eigenvalue weighted by Gasteiger charge is 2.41. The van der Waals surface area contributed by atoms with Gasteiger partial charge in [-0.15, -0.1) is 0 Å². The maximum Gasteiger partial charge on any atom is 0.318 e. The summed E-state index contributed by atoms with van der Waals surface area (Å²) in [7, 11) is 0. The number of carbonyl (C=O) groups excluding carboxylic acids is 2. The van der Waals surface area contributed by atoms with Gasteiger partial charge in [0.05, 0.1) is 0 Å². The Morgan fingerprint density at radius 1 is 1.39 bits per heavy atom. The van der Waals surface area contributed by atoms with Crippen molar-refractivity contribution >= 4 is 17.6 Å². The summed E-state index contributed by atoms with van der Waals surface area (Å²) >= 11 is 0. The van der Waals surface area contributed by atoms with E-state index in [0.29, 0.717) is 18.7 Å². The molecule has 6 heteroatoms. The van der Waals surface area contributed by atoms with Gasteiger partial charge >= 0.3 is 6.03 Å². The fourth-order valence-electron chi connectivity index (χ4n) is 2.50. The normalized spacial score (nSPS) is 25.8. The van der Waals surface area contributed by atoms with Crippen LogP contribution in [0.3, 0.4) is 0 Å². The average Bonchev–Trinajstić information content (AvgIpc) is 2.66. The first kappa shape index (κ1) is 11.0. The summed E-state index contributed by atoms with van der Waals surface area (Å²) in [6.07, 6.45) is 4.81. The van der Waals surface area contributed by atoms with Crippen LogP contribution in [0, 0.1) is 0 Å². The molecule has 2 saturated heterocycles. The van der Waals surface area contributed by atoms with Crippen LogP contribution in [0.4, 0.5) is 10.5 Å². The van der Waals surface area contributed by atoms with Crippen molar-refractivity contribution in [3.63, 3.8) is 0 Å². The number of hydrogen-bond donors (Lipinski definition) is 2. The largest absolute Gasteiger partial charge is 0.333 e. The fraction of sp³-hybridized carbons (Fsp3) is 0.417. The Hall–Kier alpha value is -2.11. The molecular formula is C12H14N4O2. The molecule has 0 radical (unpaired) electrons. The van der Waals surface area contributed by atoms with E-state index in [0.717, 1.165) is 6.42 Å². The van der Waals surface area contributed by atoms with Crippen molar-refractivity contribution in [2.45, 2.75) is 24.9 Å². The number of nitrogens with zero attached hydrogens (tertiary/aromatic N) is 2. The van der Waals surface area contributed by atoms with E-state index in [1.807, 2.05) is 0 Å². The molecule has 6 nitrogen and oxygen atoms in total. The zero-order valence-electron chi connectivity index (χ0n) is 9.80. The fourth-order valence-corrected chi connectivity index (χ4v) is 2.50. The lowest BCUT2D eigenvalue weighted by Gasteiger charge is -2.29. The van der Waals surface area contributed by atoms with Crippen molar-refractivity contribution in [3.05, 3.63) is 24.5 Å². The van der Waals surface area contributed by atoms with Crippen LogP contribution in [0.1, 0.15) is 12.8 Å². The summed E-state index contributed by atoms with van der Waals surface area (Å²) in [5.74, 6) is -0.128. The molecule has 2 aliphatic heterocycles. The first-order valence-electron chi connectivity index (χ1n) is 6.02. The predicted octanol–water partition coefficient (Wildman–Crippen LogP) is 0.576.